The van der Waals surface area contributed by atoms with Crippen molar-refractivity contribution in [3.63, 3.8) is 0 Å². The van der Waals surface area contributed by atoms with E-state index in [0.29, 0.717) is 17.2 Å². The molecule has 6 heteroatoms. The minimum absolute atomic E-state index is 0.252. The molecule has 0 fully saturated rings. The third-order valence-electron chi connectivity index (χ3n) is 3.62. The smallest absolute Gasteiger partial charge is 0.258 e. The summed E-state index contributed by atoms with van der Waals surface area (Å²) in [5.74, 6) is 0.193. The summed E-state index contributed by atoms with van der Waals surface area (Å²) in [6.45, 7) is 4.01. The molecule has 126 valence electrons. The summed E-state index contributed by atoms with van der Waals surface area (Å²) in [6.07, 6.45) is 3.01. The Morgan fingerprint density at radius 2 is 1.76 bits per heavy atom. The second kappa shape index (κ2) is 7.44. The molecule has 0 aliphatic carbocycles. The first kappa shape index (κ1) is 17.1. The van der Waals surface area contributed by atoms with Crippen LogP contribution in [0.4, 0.5) is 17.3 Å². The van der Waals surface area contributed by atoms with Crippen LogP contribution in [0.5, 0.6) is 0 Å². The van der Waals surface area contributed by atoms with Gasteiger partial charge in [0.1, 0.15) is 0 Å². The predicted octanol–water partition coefficient (Wildman–Crippen LogP) is 4.85. The first-order valence-corrected chi connectivity index (χ1v) is 8.54. The van der Waals surface area contributed by atoms with Crippen LogP contribution in [0.2, 0.25) is 0 Å². The van der Waals surface area contributed by atoms with Crippen LogP contribution in [0.1, 0.15) is 21.5 Å². The Morgan fingerprint density at radius 1 is 1.00 bits per heavy atom. The van der Waals surface area contributed by atoms with Gasteiger partial charge in [-0.1, -0.05) is 34.1 Å². The van der Waals surface area contributed by atoms with E-state index in [-0.39, 0.29) is 5.91 Å². The number of aromatic nitrogens is 2. The number of halogens is 1. The van der Waals surface area contributed by atoms with Crippen LogP contribution in [0.15, 0.2) is 59.3 Å². The number of anilines is 3. The van der Waals surface area contributed by atoms with Crippen molar-refractivity contribution in [2.75, 3.05) is 10.6 Å². The van der Waals surface area contributed by atoms with E-state index in [1.165, 1.54) is 12.4 Å². The monoisotopic (exact) mass is 396 g/mol. The van der Waals surface area contributed by atoms with E-state index in [9.17, 15) is 4.79 Å². The molecule has 0 unspecified atom stereocenters. The highest BCUT2D eigenvalue weighted by Gasteiger charge is 2.09. The topological polar surface area (TPSA) is 66.9 Å². The molecular weight excluding hydrogens is 380 g/mol. The molecule has 0 aliphatic heterocycles. The van der Waals surface area contributed by atoms with Gasteiger partial charge in [0, 0.05) is 28.2 Å². The molecule has 0 atom stereocenters. The van der Waals surface area contributed by atoms with Gasteiger partial charge < -0.3 is 10.6 Å². The standard InChI is InChI=1S/C19H17BrN4O/c1-12-4-3-5-15(8-12)24-19-21-10-14(11-22-19)18(25)23-16-7-6-13(2)17(20)9-16/h3-11H,1-2H3,(H,23,25)(H,21,22,24). The van der Waals surface area contributed by atoms with Gasteiger partial charge in [-0.2, -0.15) is 0 Å². The van der Waals surface area contributed by atoms with Crippen molar-refractivity contribution < 1.29 is 4.79 Å². The zero-order valence-corrected chi connectivity index (χ0v) is 15.5. The number of rotatable bonds is 4. The van der Waals surface area contributed by atoms with Crippen molar-refractivity contribution in [3.05, 3.63) is 76.0 Å². The lowest BCUT2D eigenvalue weighted by Gasteiger charge is -2.08. The van der Waals surface area contributed by atoms with E-state index in [1.54, 1.807) is 0 Å². The second-order valence-electron chi connectivity index (χ2n) is 5.71. The number of nitrogens with one attached hydrogen (secondary N) is 2. The lowest BCUT2D eigenvalue weighted by Crippen LogP contribution is -2.13. The maximum Gasteiger partial charge on any atom is 0.258 e. The number of hydrogen-bond acceptors (Lipinski definition) is 4. The fourth-order valence-corrected chi connectivity index (χ4v) is 2.61. The molecule has 1 heterocycles. The normalized spacial score (nSPS) is 10.4. The zero-order chi connectivity index (χ0) is 17.8. The van der Waals surface area contributed by atoms with Gasteiger partial charge in [0.2, 0.25) is 5.95 Å². The summed E-state index contributed by atoms with van der Waals surface area (Å²) in [5, 5.41) is 5.95. The third kappa shape index (κ3) is 4.42. The molecule has 0 aliphatic rings. The Morgan fingerprint density at radius 3 is 2.44 bits per heavy atom. The molecule has 0 saturated heterocycles. The predicted molar refractivity (Wildman–Crippen MR) is 103 cm³/mol. The number of nitrogens with zero attached hydrogens (tertiary/aromatic N) is 2. The minimum Gasteiger partial charge on any atom is -0.324 e. The summed E-state index contributed by atoms with van der Waals surface area (Å²) in [6, 6.07) is 13.6. The van der Waals surface area contributed by atoms with Crippen molar-refractivity contribution in [3.8, 4) is 0 Å². The van der Waals surface area contributed by atoms with E-state index >= 15 is 0 Å². The van der Waals surface area contributed by atoms with Gasteiger partial charge in [-0.25, -0.2) is 9.97 Å². The fraction of sp³-hybridized carbons (Fsp3) is 0.105. The zero-order valence-electron chi connectivity index (χ0n) is 13.9. The van der Waals surface area contributed by atoms with E-state index in [4.69, 9.17) is 0 Å². The maximum absolute atomic E-state index is 12.3. The van der Waals surface area contributed by atoms with Crippen molar-refractivity contribution in [1.29, 1.82) is 0 Å². The van der Waals surface area contributed by atoms with Gasteiger partial charge >= 0.3 is 0 Å². The Bertz CT molecular complexity index is 910. The largest absolute Gasteiger partial charge is 0.324 e. The minimum atomic E-state index is -0.252. The number of amides is 1. The average molecular weight is 397 g/mol. The molecule has 0 spiro atoms. The first-order valence-electron chi connectivity index (χ1n) is 7.74. The van der Waals surface area contributed by atoms with E-state index in [1.807, 2.05) is 56.3 Å². The number of hydrogen-bond donors (Lipinski definition) is 2. The fourth-order valence-electron chi connectivity index (χ4n) is 2.24. The summed E-state index contributed by atoms with van der Waals surface area (Å²) >= 11 is 3.45. The van der Waals surface area contributed by atoms with Crippen molar-refractivity contribution in [1.82, 2.24) is 9.97 Å². The lowest BCUT2D eigenvalue weighted by atomic mass is 10.2. The second-order valence-corrected chi connectivity index (χ2v) is 6.56. The molecule has 1 amide bonds. The molecule has 0 bridgehead atoms. The molecule has 3 rings (SSSR count). The molecule has 0 radical (unpaired) electrons. The summed E-state index contributed by atoms with van der Waals surface area (Å²) in [4.78, 5) is 20.7. The molecule has 2 N–H and O–H groups in total. The van der Waals surface area contributed by atoms with Crippen LogP contribution >= 0.6 is 15.9 Å². The SMILES string of the molecule is Cc1cccc(Nc2ncc(C(=O)Nc3ccc(C)c(Br)c3)cn2)c1. The molecule has 3 aromatic rings. The van der Waals surface area contributed by atoms with Crippen LogP contribution in [0.25, 0.3) is 0 Å². The van der Waals surface area contributed by atoms with E-state index < -0.39 is 0 Å². The highest BCUT2D eigenvalue weighted by Crippen LogP contribution is 2.21. The highest BCUT2D eigenvalue weighted by molar-refractivity contribution is 9.10. The summed E-state index contributed by atoms with van der Waals surface area (Å²) in [7, 11) is 0. The average Bonchev–Trinajstić information content (AvgIpc) is 2.59. The number of aryl methyl sites for hydroxylation is 2. The van der Waals surface area contributed by atoms with Gasteiger partial charge in [0.15, 0.2) is 0 Å². The van der Waals surface area contributed by atoms with Crippen molar-refractivity contribution in [2.24, 2.45) is 0 Å². The quantitative estimate of drug-likeness (QED) is 0.661. The lowest BCUT2D eigenvalue weighted by molar-refractivity contribution is 0.102. The van der Waals surface area contributed by atoms with Gasteiger partial charge in [0.05, 0.1) is 5.56 Å². The van der Waals surface area contributed by atoms with Gasteiger partial charge in [-0.15, -0.1) is 0 Å². The molecule has 25 heavy (non-hydrogen) atoms. The summed E-state index contributed by atoms with van der Waals surface area (Å²) in [5.41, 5.74) is 4.26. The molecule has 1 aromatic heterocycles. The molecule has 0 saturated carbocycles. The van der Waals surface area contributed by atoms with Gasteiger partial charge in [0.25, 0.3) is 5.91 Å². The van der Waals surface area contributed by atoms with Crippen LogP contribution in [-0.4, -0.2) is 15.9 Å². The van der Waals surface area contributed by atoms with Gasteiger partial charge in [-0.05, 0) is 49.2 Å². The number of benzene rings is 2. The van der Waals surface area contributed by atoms with Crippen LogP contribution in [0.3, 0.4) is 0 Å². The Labute approximate surface area is 154 Å². The highest BCUT2D eigenvalue weighted by atomic mass is 79.9. The first-order chi connectivity index (χ1) is 12.0. The third-order valence-corrected chi connectivity index (χ3v) is 4.47. The van der Waals surface area contributed by atoms with E-state index in [0.717, 1.165) is 21.3 Å². The molecular formula is C19H17BrN4O. The van der Waals surface area contributed by atoms with E-state index in [2.05, 4.69) is 36.5 Å². The van der Waals surface area contributed by atoms with Crippen molar-refractivity contribution in [2.45, 2.75) is 13.8 Å². The number of carbonyl (C=O) groups excluding carboxylic acids is 1. The number of carbonyl (C=O) groups is 1. The van der Waals surface area contributed by atoms with Crippen LogP contribution < -0.4 is 10.6 Å². The van der Waals surface area contributed by atoms with Gasteiger partial charge in [-0.3, -0.25) is 4.79 Å². The van der Waals surface area contributed by atoms with Crippen LogP contribution in [0, 0.1) is 13.8 Å². The van der Waals surface area contributed by atoms with Crippen LogP contribution in [-0.2, 0) is 0 Å². The summed E-state index contributed by atoms with van der Waals surface area (Å²) < 4.78 is 0.944. The van der Waals surface area contributed by atoms with Crippen molar-refractivity contribution >= 4 is 39.2 Å². The molecule has 2 aromatic carbocycles. The molecule has 5 nitrogen and oxygen atoms in total. The Hall–Kier alpha value is -2.73. The Balaban J connectivity index is 1.68. The maximum atomic E-state index is 12.3. The Kier molecular flexibility index (Phi) is 5.09.